The van der Waals surface area contributed by atoms with Crippen molar-refractivity contribution in [2.24, 2.45) is 0 Å². The number of carbonyl (C=O) groups is 2. The maximum absolute atomic E-state index is 10.6. The zero-order valence-corrected chi connectivity index (χ0v) is 7.99. The van der Waals surface area contributed by atoms with Gasteiger partial charge >= 0.3 is 0 Å². The zero-order valence-electron chi connectivity index (χ0n) is 7.99. The molecule has 2 heteroatoms. The molecule has 0 aromatic carbocycles. The summed E-state index contributed by atoms with van der Waals surface area (Å²) in [6.07, 6.45) is 9.08. The lowest BCUT2D eigenvalue weighted by Gasteiger charge is -1.93. The van der Waals surface area contributed by atoms with Crippen molar-refractivity contribution >= 4 is 12.6 Å². The summed E-state index contributed by atoms with van der Waals surface area (Å²) in [6.45, 7) is 3.77. The second kappa shape index (κ2) is 7.22. The number of rotatable bonds is 5. The van der Waals surface area contributed by atoms with Gasteiger partial charge in [-0.2, -0.15) is 0 Å². The van der Waals surface area contributed by atoms with Crippen LogP contribution in [-0.4, -0.2) is 12.6 Å². The lowest BCUT2D eigenvalue weighted by molar-refractivity contribution is -0.106. The number of allylic oxidation sites excluding steroid dienone is 6. The highest BCUT2D eigenvalue weighted by Crippen LogP contribution is 2.03. The molecule has 0 aliphatic heterocycles. The summed E-state index contributed by atoms with van der Waals surface area (Å²) < 4.78 is 0. The highest BCUT2D eigenvalue weighted by atomic mass is 16.1. The number of hydrogen-bond acceptors (Lipinski definition) is 2. The van der Waals surface area contributed by atoms with E-state index in [4.69, 9.17) is 0 Å². The van der Waals surface area contributed by atoms with Crippen molar-refractivity contribution in [2.75, 3.05) is 0 Å². The minimum Gasteiger partial charge on any atom is -0.298 e. The first-order valence-electron chi connectivity index (χ1n) is 4.24. The van der Waals surface area contributed by atoms with Crippen LogP contribution in [-0.2, 0) is 9.59 Å². The summed E-state index contributed by atoms with van der Waals surface area (Å²) in [5, 5.41) is 0. The van der Waals surface area contributed by atoms with Crippen molar-refractivity contribution in [2.45, 2.75) is 20.3 Å². The van der Waals surface area contributed by atoms with Gasteiger partial charge in [0.2, 0.25) is 0 Å². The Labute approximate surface area is 78.6 Å². The zero-order chi connectivity index (χ0) is 10.1. The predicted molar refractivity (Wildman–Crippen MR) is 53.4 cm³/mol. The molecular weight excluding hydrogens is 164 g/mol. The van der Waals surface area contributed by atoms with Gasteiger partial charge in [0.1, 0.15) is 0 Å². The Kier molecular flexibility index (Phi) is 6.42. The molecule has 0 fully saturated rings. The molecule has 0 rings (SSSR count). The molecule has 0 aromatic rings. The smallest absolute Gasteiger partial charge is 0.150 e. The van der Waals surface area contributed by atoms with Crippen LogP contribution >= 0.6 is 0 Å². The van der Waals surface area contributed by atoms with E-state index in [9.17, 15) is 9.59 Å². The highest BCUT2D eigenvalue weighted by Gasteiger charge is 1.97. The molecule has 0 aliphatic carbocycles. The predicted octanol–water partition coefficient (Wildman–Crippen LogP) is 2.22. The average Bonchev–Trinajstić information content (AvgIpc) is 2.17. The van der Waals surface area contributed by atoms with Crippen molar-refractivity contribution in [1.29, 1.82) is 0 Å². The van der Waals surface area contributed by atoms with Crippen LogP contribution in [0.4, 0.5) is 0 Å². The second-order valence-corrected chi connectivity index (χ2v) is 2.46. The number of carbonyl (C=O) groups excluding carboxylic acids is 2. The first-order valence-corrected chi connectivity index (χ1v) is 4.24. The van der Waals surface area contributed by atoms with Gasteiger partial charge < -0.3 is 0 Å². The van der Waals surface area contributed by atoms with Crippen LogP contribution in [0.1, 0.15) is 20.3 Å². The van der Waals surface area contributed by atoms with Gasteiger partial charge in [0.05, 0.1) is 0 Å². The molecule has 0 unspecified atom stereocenters. The van der Waals surface area contributed by atoms with Crippen LogP contribution in [0.3, 0.4) is 0 Å². The van der Waals surface area contributed by atoms with Gasteiger partial charge in [-0.3, -0.25) is 9.59 Å². The molecule has 70 valence electrons. The molecule has 0 N–H and O–H groups in total. The van der Waals surface area contributed by atoms with Crippen LogP contribution in [0.5, 0.6) is 0 Å². The maximum atomic E-state index is 10.6. The standard InChI is InChI=1S/C11H14O2/c1-3-5-7-11(9-13)10(8-12)6-4-2/h4-9H,3H2,1-2H3/b6-4-,7-5+,11-10-. The van der Waals surface area contributed by atoms with Gasteiger partial charge in [-0.1, -0.05) is 31.2 Å². The molecule has 0 bridgehead atoms. The van der Waals surface area contributed by atoms with Crippen LogP contribution in [0, 0.1) is 0 Å². The fourth-order valence-corrected chi connectivity index (χ4v) is 0.831. The third kappa shape index (κ3) is 4.21. The molecule has 0 atom stereocenters. The Hall–Kier alpha value is -1.44. The van der Waals surface area contributed by atoms with E-state index in [1.54, 1.807) is 25.2 Å². The molecule has 0 aliphatic rings. The third-order valence-electron chi connectivity index (χ3n) is 1.47. The quantitative estimate of drug-likeness (QED) is 0.367. The summed E-state index contributed by atoms with van der Waals surface area (Å²) in [5.41, 5.74) is 0.845. The highest BCUT2D eigenvalue weighted by molar-refractivity contribution is 5.91. The summed E-state index contributed by atoms with van der Waals surface area (Å²) in [4.78, 5) is 21.1. The van der Waals surface area contributed by atoms with E-state index in [1.807, 2.05) is 13.0 Å². The minimum atomic E-state index is 0.419. The van der Waals surface area contributed by atoms with E-state index >= 15 is 0 Å². The first kappa shape index (κ1) is 11.6. The molecule has 0 radical (unpaired) electrons. The summed E-state index contributed by atoms with van der Waals surface area (Å²) in [5.74, 6) is 0. The van der Waals surface area contributed by atoms with Gasteiger partial charge in [-0.05, 0) is 13.3 Å². The van der Waals surface area contributed by atoms with Crippen LogP contribution in [0.25, 0.3) is 0 Å². The molecule has 0 saturated heterocycles. The van der Waals surface area contributed by atoms with Crippen LogP contribution in [0.15, 0.2) is 35.5 Å². The Morgan fingerprint density at radius 2 is 1.62 bits per heavy atom. The van der Waals surface area contributed by atoms with Crippen molar-refractivity contribution in [3.63, 3.8) is 0 Å². The van der Waals surface area contributed by atoms with E-state index in [1.165, 1.54) is 0 Å². The van der Waals surface area contributed by atoms with E-state index in [2.05, 4.69) is 0 Å². The SMILES string of the molecule is C\C=C/C(C=O)=C(C=O)\C=C\CC. The van der Waals surface area contributed by atoms with Gasteiger partial charge in [0.25, 0.3) is 0 Å². The fourth-order valence-electron chi connectivity index (χ4n) is 0.831. The van der Waals surface area contributed by atoms with E-state index < -0.39 is 0 Å². The molecule has 0 spiro atoms. The van der Waals surface area contributed by atoms with Gasteiger partial charge in [0.15, 0.2) is 12.6 Å². The molecule has 0 saturated carbocycles. The van der Waals surface area contributed by atoms with Crippen LogP contribution in [0.2, 0.25) is 0 Å². The third-order valence-corrected chi connectivity index (χ3v) is 1.47. The van der Waals surface area contributed by atoms with Crippen molar-refractivity contribution in [3.05, 3.63) is 35.5 Å². The first-order chi connectivity index (χ1) is 6.29. The molecule has 13 heavy (non-hydrogen) atoms. The molecule has 2 nitrogen and oxygen atoms in total. The minimum absolute atomic E-state index is 0.419. The van der Waals surface area contributed by atoms with Crippen LogP contribution < -0.4 is 0 Å². The normalized spacial score (nSPS) is 13.4. The maximum Gasteiger partial charge on any atom is 0.150 e. The molecular formula is C11H14O2. The summed E-state index contributed by atoms with van der Waals surface area (Å²) in [6, 6.07) is 0. The largest absolute Gasteiger partial charge is 0.298 e. The van der Waals surface area contributed by atoms with E-state index in [-0.39, 0.29) is 0 Å². The fraction of sp³-hybridized carbons (Fsp3) is 0.273. The van der Waals surface area contributed by atoms with Gasteiger partial charge in [-0.15, -0.1) is 0 Å². The van der Waals surface area contributed by atoms with Crippen molar-refractivity contribution in [1.82, 2.24) is 0 Å². The number of hydrogen-bond donors (Lipinski definition) is 0. The summed E-state index contributed by atoms with van der Waals surface area (Å²) in [7, 11) is 0. The topological polar surface area (TPSA) is 34.1 Å². The van der Waals surface area contributed by atoms with E-state index in [0.29, 0.717) is 23.7 Å². The lowest BCUT2D eigenvalue weighted by atomic mass is 10.1. The van der Waals surface area contributed by atoms with Gasteiger partial charge in [0, 0.05) is 11.1 Å². The molecule has 0 amide bonds. The summed E-state index contributed by atoms with van der Waals surface area (Å²) >= 11 is 0. The Morgan fingerprint density at radius 3 is 2.00 bits per heavy atom. The van der Waals surface area contributed by atoms with E-state index in [0.717, 1.165) is 6.42 Å². The number of aldehydes is 2. The Balaban J connectivity index is 4.92. The Morgan fingerprint density at radius 1 is 1.08 bits per heavy atom. The Bertz CT molecular complexity index is 257. The molecule has 0 aromatic heterocycles. The monoisotopic (exact) mass is 178 g/mol. The van der Waals surface area contributed by atoms with Crippen molar-refractivity contribution < 1.29 is 9.59 Å². The molecule has 0 heterocycles. The van der Waals surface area contributed by atoms with Gasteiger partial charge in [-0.25, -0.2) is 0 Å². The van der Waals surface area contributed by atoms with Crippen molar-refractivity contribution in [3.8, 4) is 0 Å². The lowest BCUT2D eigenvalue weighted by Crippen LogP contribution is -1.89. The average molecular weight is 178 g/mol. The second-order valence-electron chi connectivity index (χ2n) is 2.46.